The molecule has 0 unspecified atom stereocenters. The van der Waals surface area contributed by atoms with Gasteiger partial charge in [-0.05, 0) is 43.3 Å². The summed E-state index contributed by atoms with van der Waals surface area (Å²) in [6.07, 6.45) is 2.97. The number of nitrogens with zero attached hydrogens (tertiary/aromatic N) is 2. The van der Waals surface area contributed by atoms with Gasteiger partial charge in [-0.3, -0.25) is 14.3 Å². The highest BCUT2D eigenvalue weighted by Gasteiger charge is 2.17. The summed E-state index contributed by atoms with van der Waals surface area (Å²) in [5.41, 5.74) is 2.01. The number of carbonyl (C=O) groups excluding carboxylic acids is 1. The molecule has 7 heteroatoms. The van der Waals surface area contributed by atoms with Gasteiger partial charge in [0.15, 0.2) is 0 Å². The molecule has 0 saturated carbocycles. The monoisotopic (exact) mass is 393 g/mol. The first-order valence-corrected chi connectivity index (χ1v) is 9.01. The second-order valence-electron chi connectivity index (χ2n) is 6.37. The predicted octanol–water partition coefficient (Wildman–Crippen LogP) is 3.15. The van der Waals surface area contributed by atoms with Crippen molar-refractivity contribution in [1.82, 2.24) is 9.36 Å². The average molecular weight is 393 g/mol. The number of rotatable bonds is 6. The van der Waals surface area contributed by atoms with Crippen LogP contribution in [0.1, 0.15) is 11.3 Å². The fourth-order valence-electron chi connectivity index (χ4n) is 3.01. The van der Waals surface area contributed by atoms with E-state index in [0.717, 1.165) is 5.69 Å². The van der Waals surface area contributed by atoms with Crippen molar-refractivity contribution in [2.75, 3.05) is 19.5 Å². The molecule has 3 rings (SSSR count). The van der Waals surface area contributed by atoms with E-state index in [2.05, 4.69) is 5.32 Å². The second kappa shape index (κ2) is 8.52. The van der Waals surface area contributed by atoms with Crippen LogP contribution in [0.2, 0.25) is 0 Å². The summed E-state index contributed by atoms with van der Waals surface area (Å²) in [6, 6.07) is 14.6. The Labute approximate surface area is 168 Å². The van der Waals surface area contributed by atoms with Crippen molar-refractivity contribution in [2.24, 2.45) is 7.05 Å². The lowest BCUT2D eigenvalue weighted by Gasteiger charge is -2.07. The van der Waals surface area contributed by atoms with E-state index in [1.54, 1.807) is 57.1 Å². The Hall–Kier alpha value is -3.74. The molecule has 0 radical (unpaired) electrons. The molecule has 0 aliphatic carbocycles. The molecule has 1 heterocycles. The summed E-state index contributed by atoms with van der Waals surface area (Å²) in [5.74, 6) is 0.841. The first-order chi connectivity index (χ1) is 14.0. The molecule has 0 aliphatic heterocycles. The Morgan fingerprint density at radius 3 is 2.45 bits per heavy atom. The van der Waals surface area contributed by atoms with Gasteiger partial charge in [-0.25, -0.2) is 4.68 Å². The van der Waals surface area contributed by atoms with Crippen LogP contribution in [-0.4, -0.2) is 29.5 Å². The molecule has 0 saturated heterocycles. The first kappa shape index (κ1) is 20.0. The number of benzene rings is 2. The van der Waals surface area contributed by atoms with Gasteiger partial charge in [0.05, 0.1) is 25.6 Å². The second-order valence-corrected chi connectivity index (χ2v) is 6.37. The van der Waals surface area contributed by atoms with Crippen LogP contribution >= 0.6 is 0 Å². The molecule has 2 aromatic carbocycles. The Morgan fingerprint density at radius 2 is 1.79 bits per heavy atom. The van der Waals surface area contributed by atoms with Crippen molar-refractivity contribution < 1.29 is 14.3 Å². The molecule has 150 valence electrons. The lowest BCUT2D eigenvalue weighted by Crippen LogP contribution is -2.22. The molecule has 3 aromatic rings. The molecule has 29 heavy (non-hydrogen) atoms. The maximum absolute atomic E-state index is 12.9. The highest BCUT2D eigenvalue weighted by atomic mass is 16.5. The van der Waals surface area contributed by atoms with Crippen molar-refractivity contribution in [3.63, 3.8) is 0 Å². The standard InChI is InChI=1S/C22H23N3O4/c1-15-21(22(27)25(24(15)2)17-8-6-5-7-9-17)23-20(26)13-10-16-14-18(28-3)11-12-19(16)29-4/h5-14H,1-4H3,(H,23,26)/b13-10+. The zero-order valence-corrected chi connectivity index (χ0v) is 16.8. The van der Waals surface area contributed by atoms with Gasteiger partial charge in [0.2, 0.25) is 5.91 Å². The predicted molar refractivity (Wildman–Crippen MR) is 113 cm³/mol. The summed E-state index contributed by atoms with van der Waals surface area (Å²) in [4.78, 5) is 25.3. The summed E-state index contributed by atoms with van der Waals surface area (Å²) < 4.78 is 13.7. The Bertz CT molecular complexity index is 1110. The molecule has 7 nitrogen and oxygen atoms in total. The Morgan fingerprint density at radius 1 is 1.07 bits per heavy atom. The van der Waals surface area contributed by atoms with Crippen molar-refractivity contribution >= 4 is 17.7 Å². The molecule has 1 aromatic heterocycles. The summed E-state index contributed by atoms with van der Waals surface area (Å²) in [7, 11) is 4.90. The minimum atomic E-state index is -0.416. The number of anilines is 1. The number of hydrogen-bond donors (Lipinski definition) is 1. The van der Waals surface area contributed by atoms with Gasteiger partial charge in [0, 0.05) is 18.7 Å². The van der Waals surface area contributed by atoms with Gasteiger partial charge < -0.3 is 14.8 Å². The number of aromatic nitrogens is 2. The molecule has 0 spiro atoms. The van der Waals surface area contributed by atoms with Crippen LogP contribution in [0.25, 0.3) is 11.8 Å². The lowest BCUT2D eigenvalue weighted by molar-refractivity contribution is -0.111. The van der Waals surface area contributed by atoms with Gasteiger partial charge in [0.25, 0.3) is 5.56 Å². The number of para-hydroxylation sites is 1. The van der Waals surface area contributed by atoms with Gasteiger partial charge in [-0.2, -0.15) is 0 Å². The van der Waals surface area contributed by atoms with Crippen molar-refractivity contribution in [3.05, 3.63) is 76.2 Å². The van der Waals surface area contributed by atoms with E-state index in [4.69, 9.17) is 9.47 Å². The smallest absolute Gasteiger partial charge is 0.295 e. The minimum absolute atomic E-state index is 0.239. The van der Waals surface area contributed by atoms with Gasteiger partial charge in [0.1, 0.15) is 17.2 Å². The fourth-order valence-corrected chi connectivity index (χ4v) is 3.01. The maximum atomic E-state index is 12.9. The van der Waals surface area contributed by atoms with E-state index in [9.17, 15) is 9.59 Å². The first-order valence-electron chi connectivity index (χ1n) is 9.01. The molecule has 0 fully saturated rings. The lowest BCUT2D eigenvalue weighted by atomic mass is 10.1. The van der Waals surface area contributed by atoms with Gasteiger partial charge in [-0.1, -0.05) is 18.2 Å². The zero-order valence-electron chi connectivity index (χ0n) is 16.8. The number of methoxy groups -OCH3 is 2. The van der Waals surface area contributed by atoms with E-state index in [-0.39, 0.29) is 11.2 Å². The number of hydrogen-bond acceptors (Lipinski definition) is 4. The van der Waals surface area contributed by atoms with E-state index < -0.39 is 5.91 Å². The van der Waals surface area contributed by atoms with E-state index >= 15 is 0 Å². The SMILES string of the molecule is COc1ccc(OC)c(/C=C/C(=O)Nc2c(C)n(C)n(-c3ccccc3)c2=O)c1. The third-order valence-electron chi connectivity index (χ3n) is 4.65. The molecular weight excluding hydrogens is 370 g/mol. The van der Waals surface area contributed by atoms with Crippen LogP contribution in [-0.2, 0) is 11.8 Å². The van der Waals surface area contributed by atoms with Crippen LogP contribution in [0.3, 0.4) is 0 Å². The zero-order chi connectivity index (χ0) is 21.0. The number of nitrogens with one attached hydrogen (secondary N) is 1. The molecule has 0 bridgehead atoms. The van der Waals surface area contributed by atoms with E-state index in [1.165, 1.54) is 10.8 Å². The van der Waals surface area contributed by atoms with Crippen LogP contribution in [0.4, 0.5) is 5.69 Å². The molecule has 1 amide bonds. The number of amides is 1. The topological polar surface area (TPSA) is 74.5 Å². The maximum Gasteiger partial charge on any atom is 0.295 e. The van der Waals surface area contributed by atoms with Crippen LogP contribution in [0.5, 0.6) is 11.5 Å². The normalized spacial score (nSPS) is 10.9. The van der Waals surface area contributed by atoms with E-state index in [0.29, 0.717) is 22.8 Å². The van der Waals surface area contributed by atoms with E-state index in [1.807, 2.05) is 30.3 Å². The molecule has 1 N–H and O–H groups in total. The van der Waals surface area contributed by atoms with Gasteiger partial charge >= 0.3 is 0 Å². The minimum Gasteiger partial charge on any atom is -0.497 e. The van der Waals surface area contributed by atoms with Crippen molar-refractivity contribution in [3.8, 4) is 17.2 Å². The van der Waals surface area contributed by atoms with Crippen molar-refractivity contribution in [2.45, 2.75) is 6.92 Å². The molecule has 0 atom stereocenters. The molecule has 0 aliphatic rings. The summed E-state index contributed by atoms with van der Waals surface area (Å²) in [6.45, 7) is 1.78. The highest BCUT2D eigenvalue weighted by Crippen LogP contribution is 2.25. The van der Waals surface area contributed by atoms with Crippen molar-refractivity contribution in [1.29, 1.82) is 0 Å². The fraction of sp³-hybridized carbons (Fsp3) is 0.182. The highest BCUT2D eigenvalue weighted by molar-refractivity contribution is 6.02. The van der Waals surface area contributed by atoms with Crippen LogP contribution in [0, 0.1) is 6.92 Å². The average Bonchev–Trinajstić information content (AvgIpc) is 2.95. The van der Waals surface area contributed by atoms with Crippen LogP contribution in [0.15, 0.2) is 59.4 Å². The third kappa shape index (κ3) is 4.08. The quantitative estimate of drug-likeness (QED) is 0.653. The number of carbonyl (C=O) groups is 1. The molecular formula is C22H23N3O4. The largest absolute Gasteiger partial charge is 0.497 e. The third-order valence-corrected chi connectivity index (χ3v) is 4.65. The Balaban J connectivity index is 1.87. The summed E-state index contributed by atoms with van der Waals surface area (Å²) in [5, 5.41) is 2.69. The number of ether oxygens (including phenoxy) is 2. The Kier molecular flexibility index (Phi) is 5.87. The van der Waals surface area contributed by atoms with Gasteiger partial charge in [-0.15, -0.1) is 0 Å². The van der Waals surface area contributed by atoms with Crippen LogP contribution < -0.4 is 20.3 Å². The summed E-state index contributed by atoms with van der Waals surface area (Å²) >= 11 is 0.